The molecular formula is C9H17NO2. The van der Waals surface area contributed by atoms with Crippen LogP contribution in [0.5, 0.6) is 0 Å². The first kappa shape index (κ1) is 9.68. The molecule has 0 aromatic carbocycles. The number of rotatable bonds is 3. The Morgan fingerprint density at radius 1 is 1.67 bits per heavy atom. The molecule has 1 atom stereocenters. The maximum Gasteiger partial charge on any atom is 0.146 e. The normalized spacial score (nSPS) is 22.7. The molecule has 1 heterocycles. The van der Waals surface area contributed by atoms with Crippen molar-refractivity contribution in [2.24, 2.45) is 5.92 Å². The topological polar surface area (TPSA) is 40.5 Å². The average Bonchev–Trinajstić information content (AvgIpc) is 2.04. The van der Waals surface area contributed by atoms with Gasteiger partial charge in [-0.05, 0) is 18.9 Å². The first-order valence-corrected chi connectivity index (χ1v) is 4.57. The maximum atomic E-state index is 11.0. The monoisotopic (exact) mass is 171 g/mol. The van der Waals surface area contributed by atoms with Gasteiger partial charge in [0.2, 0.25) is 0 Å². The van der Waals surface area contributed by atoms with E-state index in [1.807, 2.05) is 6.92 Å². The Hall–Kier alpha value is -0.410. The molecule has 1 aliphatic rings. The highest BCUT2D eigenvalue weighted by Crippen LogP contribution is 2.07. The number of piperidine rings is 1. The van der Waals surface area contributed by atoms with Crippen molar-refractivity contribution in [1.29, 1.82) is 0 Å². The molecule has 1 rings (SSSR count). The molecule has 1 fully saturated rings. The number of hydrogen-bond acceptors (Lipinski definition) is 3. The van der Waals surface area contributed by atoms with Crippen molar-refractivity contribution in [3.8, 4) is 0 Å². The largest absolute Gasteiger partial charge is 0.396 e. The molecule has 1 aliphatic heterocycles. The van der Waals surface area contributed by atoms with Crippen molar-refractivity contribution in [3.63, 3.8) is 0 Å². The molecule has 12 heavy (non-hydrogen) atoms. The van der Waals surface area contributed by atoms with Crippen molar-refractivity contribution in [2.45, 2.75) is 19.8 Å². The maximum absolute atomic E-state index is 11.0. The molecule has 0 aromatic heterocycles. The number of hydrogen-bond donors (Lipinski definition) is 1. The van der Waals surface area contributed by atoms with Crippen LogP contribution >= 0.6 is 0 Å². The number of likely N-dealkylation sites (tertiary alicyclic amines) is 1. The quantitative estimate of drug-likeness (QED) is 0.663. The third-order valence-electron chi connectivity index (χ3n) is 2.21. The van der Waals surface area contributed by atoms with E-state index in [-0.39, 0.29) is 12.5 Å². The Kier molecular flexibility index (Phi) is 3.69. The molecule has 1 N–H and O–H groups in total. The average molecular weight is 171 g/mol. The van der Waals surface area contributed by atoms with Crippen LogP contribution in [0.4, 0.5) is 0 Å². The predicted octanol–water partition coefficient (Wildman–Crippen LogP) is 0.280. The standard InChI is InChI=1S/C9H17NO2/c1-8(7-11)5-10-4-2-3-9(12)6-10/h8,11H,2-7H2,1H3. The molecule has 0 aromatic rings. The van der Waals surface area contributed by atoms with Crippen LogP contribution in [0.2, 0.25) is 0 Å². The van der Waals surface area contributed by atoms with Gasteiger partial charge < -0.3 is 5.11 Å². The minimum atomic E-state index is 0.213. The summed E-state index contributed by atoms with van der Waals surface area (Å²) in [5.74, 6) is 0.627. The van der Waals surface area contributed by atoms with Crippen LogP contribution < -0.4 is 0 Å². The van der Waals surface area contributed by atoms with Crippen molar-refractivity contribution in [2.75, 3.05) is 26.2 Å². The molecular weight excluding hydrogens is 154 g/mol. The highest BCUT2D eigenvalue weighted by atomic mass is 16.3. The number of carbonyl (C=O) groups is 1. The van der Waals surface area contributed by atoms with E-state index in [0.717, 1.165) is 25.9 Å². The molecule has 1 saturated heterocycles. The minimum absolute atomic E-state index is 0.213. The number of nitrogens with zero attached hydrogens (tertiary/aromatic N) is 1. The lowest BCUT2D eigenvalue weighted by Crippen LogP contribution is -2.38. The number of carbonyl (C=O) groups excluding carboxylic acids is 1. The summed E-state index contributed by atoms with van der Waals surface area (Å²) in [5.41, 5.74) is 0. The zero-order valence-corrected chi connectivity index (χ0v) is 7.62. The summed E-state index contributed by atoms with van der Waals surface area (Å²) in [6.45, 7) is 4.66. The van der Waals surface area contributed by atoms with Crippen LogP contribution in [-0.4, -0.2) is 42.0 Å². The first-order chi connectivity index (χ1) is 5.72. The van der Waals surface area contributed by atoms with Crippen LogP contribution in [0.1, 0.15) is 19.8 Å². The lowest BCUT2D eigenvalue weighted by Gasteiger charge is -2.27. The Bertz CT molecular complexity index is 159. The van der Waals surface area contributed by atoms with Gasteiger partial charge in [0, 0.05) is 19.6 Å². The van der Waals surface area contributed by atoms with Gasteiger partial charge in [-0.3, -0.25) is 9.69 Å². The van der Waals surface area contributed by atoms with Crippen LogP contribution in [0.25, 0.3) is 0 Å². The van der Waals surface area contributed by atoms with E-state index in [4.69, 9.17) is 5.11 Å². The summed E-state index contributed by atoms with van der Waals surface area (Å²) in [4.78, 5) is 13.2. The van der Waals surface area contributed by atoms with Gasteiger partial charge >= 0.3 is 0 Å². The molecule has 0 amide bonds. The van der Waals surface area contributed by atoms with Crippen molar-refractivity contribution >= 4 is 5.78 Å². The van der Waals surface area contributed by atoms with Gasteiger partial charge in [0.25, 0.3) is 0 Å². The van der Waals surface area contributed by atoms with E-state index in [2.05, 4.69) is 4.90 Å². The zero-order chi connectivity index (χ0) is 8.97. The molecule has 70 valence electrons. The van der Waals surface area contributed by atoms with E-state index >= 15 is 0 Å². The van der Waals surface area contributed by atoms with Crippen LogP contribution in [0.15, 0.2) is 0 Å². The van der Waals surface area contributed by atoms with Gasteiger partial charge in [-0.25, -0.2) is 0 Å². The molecule has 3 heteroatoms. The Balaban J connectivity index is 2.27. The van der Waals surface area contributed by atoms with Crippen LogP contribution in [0, 0.1) is 5.92 Å². The molecule has 0 saturated carbocycles. The lowest BCUT2D eigenvalue weighted by molar-refractivity contribution is -0.122. The first-order valence-electron chi connectivity index (χ1n) is 4.57. The third kappa shape index (κ3) is 2.91. The second kappa shape index (κ2) is 4.58. The van der Waals surface area contributed by atoms with E-state index < -0.39 is 0 Å². The summed E-state index contributed by atoms with van der Waals surface area (Å²) in [7, 11) is 0. The van der Waals surface area contributed by atoms with E-state index in [0.29, 0.717) is 12.3 Å². The smallest absolute Gasteiger partial charge is 0.146 e. The van der Waals surface area contributed by atoms with Crippen LogP contribution in [-0.2, 0) is 4.79 Å². The summed E-state index contributed by atoms with van der Waals surface area (Å²) >= 11 is 0. The molecule has 3 nitrogen and oxygen atoms in total. The van der Waals surface area contributed by atoms with Crippen molar-refractivity contribution < 1.29 is 9.90 Å². The number of Topliss-reactive ketones (excluding diaryl/α,β-unsaturated/α-hetero) is 1. The Labute approximate surface area is 73.4 Å². The fraction of sp³-hybridized carbons (Fsp3) is 0.889. The molecule has 0 spiro atoms. The van der Waals surface area contributed by atoms with E-state index in [1.165, 1.54) is 0 Å². The van der Waals surface area contributed by atoms with Gasteiger partial charge in [0.15, 0.2) is 0 Å². The second-order valence-corrected chi connectivity index (χ2v) is 3.67. The second-order valence-electron chi connectivity index (χ2n) is 3.67. The Morgan fingerprint density at radius 2 is 2.42 bits per heavy atom. The van der Waals surface area contributed by atoms with Gasteiger partial charge in [0.1, 0.15) is 5.78 Å². The molecule has 0 aliphatic carbocycles. The van der Waals surface area contributed by atoms with Crippen LogP contribution in [0.3, 0.4) is 0 Å². The fourth-order valence-corrected chi connectivity index (χ4v) is 1.56. The summed E-state index contributed by atoms with van der Waals surface area (Å²) in [6.07, 6.45) is 1.72. The van der Waals surface area contributed by atoms with Gasteiger partial charge in [-0.2, -0.15) is 0 Å². The highest BCUT2D eigenvalue weighted by Gasteiger charge is 2.17. The lowest BCUT2D eigenvalue weighted by atomic mass is 10.1. The van der Waals surface area contributed by atoms with Gasteiger partial charge in [-0.1, -0.05) is 6.92 Å². The number of aliphatic hydroxyl groups excluding tert-OH is 1. The molecule has 1 unspecified atom stereocenters. The van der Waals surface area contributed by atoms with E-state index in [9.17, 15) is 4.79 Å². The molecule has 0 bridgehead atoms. The van der Waals surface area contributed by atoms with Gasteiger partial charge in [-0.15, -0.1) is 0 Å². The molecule has 0 radical (unpaired) electrons. The van der Waals surface area contributed by atoms with Crippen molar-refractivity contribution in [3.05, 3.63) is 0 Å². The minimum Gasteiger partial charge on any atom is -0.396 e. The SMILES string of the molecule is CC(CO)CN1CCCC(=O)C1. The number of ketones is 1. The predicted molar refractivity (Wildman–Crippen MR) is 46.9 cm³/mol. The highest BCUT2D eigenvalue weighted by molar-refractivity contribution is 5.81. The fourth-order valence-electron chi connectivity index (χ4n) is 1.56. The van der Waals surface area contributed by atoms with E-state index in [1.54, 1.807) is 0 Å². The summed E-state index contributed by atoms with van der Waals surface area (Å²) in [6, 6.07) is 0. The third-order valence-corrected chi connectivity index (χ3v) is 2.21. The zero-order valence-electron chi connectivity index (χ0n) is 7.62. The van der Waals surface area contributed by atoms with Gasteiger partial charge in [0.05, 0.1) is 6.54 Å². The Morgan fingerprint density at radius 3 is 3.00 bits per heavy atom. The van der Waals surface area contributed by atoms with Crippen molar-refractivity contribution in [1.82, 2.24) is 4.90 Å². The summed E-state index contributed by atoms with van der Waals surface area (Å²) in [5, 5.41) is 8.82. The number of aliphatic hydroxyl groups is 1. The summed E-state index contributed by atoms with van der Waals surface area (Å²) < 4.78 is 0.